The highest BCUT2D eigenvalue weighted by molar-refractivity contribution is 5.91. The Kier molecular flexibility index (Phi) is 8.49. The summed E-state index contributed by atoms with van der Waals surface area (Å²) < 4.78 is 20.4. The van der Waals surface area contributed by atoms with E-state index in [1.165, 1.54) is 12.1 Å². The van der Waals surface area contributed by atoms with E-state index in [0.29, 0.717) is 45.1 Å². The lowest BCUT2D eigenvalue weighted by Gasteiger charge is -2.55. The van der Waals surface area contributed by atoms with E-state index >= 15 is 0 Å². The van der Waals surface area contributed by atoms with Crippen LogP contribution in [0.25, 0.3) is 0 Å². The van der Waals surface area contributed by atoms with Crippen LogP contribution in [0.2, 0.25) is 0 Å². The molecule has 10 heteroatoms. The molecule has 226 valence electrons. The van der Waals surface area contributed by atoms with Gasteiger partial charge in [0.2, 0.25) is 5.91 Å². The van der Waals surface area contributed by atoms with Crippen molar-refractivity contribution in [2.45, 2.75) is 82.0 Å². The van der Waals surface area contributed by atoms with Crippen molar-refractivity contribution in [3.05, 3.63) is 47.8 Å². The van der Waals surface area contributed by atoms with Gasteiger partial charge in [-0.1, -0.05) is 12.6 Å². The number of carbonyl (C=O) groups is 2. The molecule has 0 radical (unpaired) electrons. The van der Waals surface area contributed by atoms with Gasteiger partial charge in [-0.25, -0.2) is 4.39 Å². The number of nitrogens with zero attached hydrogens (tertiary/aromatic N) is 4. The van der Waals surface area contributed by atoms with Gasteiger partial charge in [-0.05, 0) is 87.9 Å². The summed E-state index contributed by atoms with van der Waals surface area (Å²) in [7, 11) is 2.13. The van der Waals surface area contributed by atoms with Crippen molar-refractivity contribution in [3.63, 3.8) is 0 Å². The summed E-state index contributed by atoms with van der Waals surface area (Å²) in [4.78, 5) is 33.4. The molecule has 0 bridgehead atoms. The fourth-order valence-corrected chi connectivity index (χ4v) is 8.23. The Morgan fingerprint density at radius 2 is 2.07 bits per heavy atom. The number of carbonyl (C=O) groups excluding carboxylic acids is 2. The molecule has 0 aromatic heterocycles. The number of fused-ring (bicyclic) bond motifs is 2. The van der Waals surface area contributed by atoms with Crippen LogP contribution in [0.5, 0.6) is 0 Å². The molecular weight excluding hydrogens is 535 g/mol. The molecule has 42 heavy (non-hydrogen) atoms. The van der Waals surface area contributed by atoms with Crippen molar-refractivity contribution >= 4 is 11.7 Å². The molecule has 7 atom stereocenters. The third kappa shape index (κ3) is 5.53. The number of nitrogens with one attached hydrogen (secondary N) is 2. The molecule has 9 nitrogen and oxygen atoms in total. The second-order valence-electron chi connectivity index (χ2n) is 12.9. The zero-order valence-corrected chi connectivity index (χ0v) is 24.6. The third-order valence-electron chi connectivity index (χ3n) is 10.6. The number of likely N-dealkylation sites (N-methyl/N-ethyl adjacent to an activating group) is 1. The molecule has 2 N–H and O–H groups in total. The number of rotatable bonds is 6. The van der Waals surface area contributed by atoms with Gasteiger partial charge in [0.15, 0.2) is 12.1 Å². The maximum atomic E-state index is 14.5. The summed E-state index contributed by atoms with van der Waals surface area (Å²) in [6.45, 7) is 6.97. The predicted molar refractivity (Wildman–Crippen MR) is 155 cm³/mol. The third-order valence-corrected chi connectivity index (χ3v) is 10.6. The number of aryl methyl sites for hydroxylation is 1. The van der Waals surface area contributed by atoms with Crippen molar-refractivity contribution in [2.75, 3.05) is 39.8 Å². The quantitative estimate of drug-likeness (QED) is 0.496. The van der Waals surface area contributed by atoms with Crippen LogP contribution in [0, 0.1) is 28.5 Å². The number of halogens is 1. The van der Waals surface area contributed by atoms with Crippen molar-refractivity contribution in [2.24, 2.45) is 11.3 Å². The fourth-order valence-electron chi connectivity index (χ4n) is 8.23. The number of nitriles is 1. The number of amides is 1. The van der Waals surface area contributed by atoms with E-state index in [-0.39, 0.29) is 48.1 Å². The van der Waals surface area contributed by atoms with Crippen molar-refractivity contribution < 1.29 is 18.7 Å². The van der Waals surface area contributed by atoms with Crippen LogP contribution in [0.1, 0.15) is 49.7 Å². The molecule has 3 saturated heterocycles. The standard InChI is InChI=1S/C32H43FN6O3/c1-3-27(40)39-16-15-38(19-24(39)10-13-34)30-26-9-12-32(11-8-21-17-23(33)7-6-22(21)18-32)29(41)28(26)35-31(36-30)42-20-25-5-4-14-37(25)2/h3,6-7,17,24-26,28,30-31,35-36H,1,4-5,8-12,14-16,18-20H2,2H3. The molecule has 7 unspecified atom stereocenters. The minimum atomic E-state index is -0.489. The topological polar surface area (TPSA) is 101 Å². The fraction of sp³-hybridized carbons (Fsp3) is 0.656. The molecule has 6 rings (SSSR count). The summed E-state index contributed by atoms with van der Waals surface area (Å²) in [5.74, 6) is -0.114. The van der Waals surface area contributed by atoms with Gasteiger partial charge in [0.25, 0.3) is 0 Å². The van der Waals surface area contributed by atoms with E-state index in [9.17, 15) is 19.2 Å². The Labute approximate surface area is 248 Å². The average Bonchev–Trinajstić information content (AvgIpc) is 3.42. The van der Waals surface area contributed by atoms with Gasteiger partial charge < -0.3 is 14.5 Å². The lowest BCUT2D eigenvalue weighted by molar-refractivity contribution is -0.154. The van der Waals surface area contributed by atoms with Gasteiger partial charge in [0.05, 0.1) is 37.3 Å². The van der Waals surface area contributed by atoms with Gasteiger partial charge in [-0.2, -0.15) is 5.26 Å². The predicted octanol–water partition coefficient (Wildman–Crippen LogP) is 2.17. The van der Waals surface area contributed by atoms with E-state index in [2.05, 4.69) is 40.1 Å². The maximum Gasteiger partial charge on any atom is 0.246 e. The summed E-state index contributed by atoms with van der Waals surface area (Å²) in [5, 5.41) is 16.8. The number of hydrogen-bond acceptors (Lipinski definition) is 8. The second-order valence-corrected chi connectivity index (χ2v) is 12.9. The number of piperazine rings is 1. The molecule has 3 heterocycles. The summed E-state index contributed by atoms with van der Waals surface area (Å²) >= 11 is 0. The maximum absolute atomic E-state index is 14.5. The van der Waals surface area contributed by atoms with E-state index in [1.54, 1.807) is 11.0 Å². The first-order valence-corrected chi connectivity index (χ1v) is 15.5. The Morgan fingerprint density at radius 3 is 2.83 bits per heavy atom. The van der Waals surface area contributed by atoms with E-state index in [4.69, 9.17) is 4.74 Å². The van der Waals surface area contributed by atoms with Gasteiger partial charge in [-0.3, -0.25) is 25.1 Å². The normalized spacial score (nSPS) is 35.5. The summed E-state index contributed by atoms with van der Waals surface area (Å²) in [6.07, 6.45) is 6.94. The highest BCUT2D eigenvalue weighted by atomic mass is 19.1. The minimum absolute atomic E-state index is 0.0242. The van der Waals surface area contributed by atoms with Crippen molar-refractivity contribution in [3.8, 4) is 6.07 Å². The van der Waals surface area contributed by atoms with Crippen LogP contribution in [0.4, 0.5) is 4.39 Å². The van der Waals surface area contributed by atoms with Crippen LogP contribution >= 0.6 is 0 Å². The Morgan fingerprint density at radius 1 is 1.21 bits per heavy atom. The number of likely N-dealkylation sites (tertiary alicyclic amines) is 1. The monoisotopic (exact) mass is 578 g/mol. The zero-order chi connectivity index (χ0) is 29.4. The van der Waals surface area contributed by atoms with Crippen molar-refractivity contribution in [1.82, 2.24) is 25.3 Å². The Balaban J connectivity index is 1.24. The number of ketones is 1. The molecule has 5 aliphatic rings. The molecule has 3 aliphatic heterocycles. The number of benzene rings is 1. The molecule has 4 fully saturated rings. The van der Waals surface area contributed by atoms with Gasteiger partial charge in [-0.15, -0.1) is 0 Å². The minimum Gasteiger partial charge on any atom is -0.348 e. The Bertz CT molecular complexity index is 1250. The second kappa shape index (κ2) is 12.1. The Hall–Kier alpha value is -2.68. The molecular formula is C32H43FN6O3. The van der Waals surface area contributed by atoms with Crippen LogP contribution in [0.3, 0.4) is 0 Å². The summed E-state index contributed by atoms with van der Waals surface area (Å²) in [6, 6.07) is 6.97. The lowest BCUT2D eigenvalue weighted by Crippen LogP contribution is -2.74. The molecule has 1 spiro atoms. The smallest absolute Gasteiger partial charge is 0.246 e. The zero-order valence-electron chi connectivity index (χ0n) is 24.6. The average molecular weight is 579 g/mol. The number of hydrogen-bond donors (Lipinski definition) is 2. The van der Waals surface area contributed by atoms with Crippen LogP contribution in [-0.2, 0) is 27.2 Å². The number of ether oxygens (including phenoxy) is 1. The van der Waals surface area contributed by atoms with E-state index < -0.39 is 11.8 Å². The van der Waals surface area contributed by atoms with E-state index in [1.807, 2.05) is 6.07 Å². The first-order valence-electron chi connectivity index (χ1n) is 15.5. The SMILES string of the molecule is C=CC(=O)N1CCN(C2NC(OCC3CCCN3C)NC3C(=O)C4(CCc5cc(F)ccc5C4)CCC32)CC1CC#N. The largest absolute Gasteiger partial charge is 0.348 e. The molecule has 1 saturated carbocycles. The van der Waals surface area contributed by atoms with Crippen LogP contribution in [-0.4, -0.2) is 96.9 Å². The molecule has 1 amide bonds. The molecule has 1 aromatic rings. The first-order chi connectivity index (χ1) is 20.3. The van der Waals surface area contributed by atoms with Gasteiger partial charge in [0, 0.05) is 37.0 Å². The summed E-state index contributed by atoms with van der Waals surface area (Å²) in [5.41, 5.74) is 1.64. The van der Waals surface area contributed by atoms with Gasteiger partial charge in [0.1, 0.15) is 5.82 Å². The van der Waals surface area contributed by atoms with Crippen molar-refractivity contribution in [1.29, 1.82) is 5.26 Å². The van der Waals surface area contributed by atoms with E-state index in [0.717, 1.165) is 49.8 Å². The first kappa shape index (κ1) is 29.4. The number of Topliss-reactive ketones (excluding diaryl/α,β-unsaturated/α-hetero) is 1. The van der Waals surface area contributed by atoms with Crippen LogP contribution < -0.4 is 10.6 Å². The highest BCUT2D eigenvalue weighted by Gasteiger charge is 2.55. The molecule has 1 aromatic carbocycles. The van der Waals surface area contributed by atoms with Crippen LogP contribution in [0.15, 0.2) is 30.9 Å². The highest BCUT2D eigenvalue weighted by Crippen LogP contribution is 2.47. The lowest BCUT2D eigenvalue weighted by atomic mass is 9.59. The molecule has 2 aliphatic carbocycles. The van der Waals surface area contributed by atoms with Gasteiger partial charge >= 0.3 is 0 Å².